The van der Waals surface area contributed by atoms with Crippen LogP contribution in [0.3, 0.4) is 0 Å². The molecular weight excluding hydrogens is 272 g/mol. The first kappa shape index (κ1) is 15.2. The lowest BCUT2D eigenvalue weighted by molar-refractivity contribution is -0.135. The first-order valence-electron chi connectivity index (χ1n) is 7.20. The van der Waals surface area contributed by atoms with Crippen molar-refractivity contribution in [2.24, 2.45) is 0 Å². The molecule has 1 unspecified atom stereocenters. The summed E-state index contributed by atoms with van der Waals surface area (Å²) in [5, 5.41) is 3.05. The summed E-state index contributed by atoms with van der Waals surface area (Å²) in [6.45, 7) is 5.63. The fourth-order valence-electron chi connectivity index (χ4n) is 2.52. The quantitative estimate of drug-likeness (QED) is 0.573. The van der Waals surface area contributed by atoms with Gasteiger partial charge in [-0.3, -0.25) is 4.79 Å². The fourth-order valence-corrected chi connectivity index (χ4v) is 3.31. The van der Waals surface area contributed by atoms with Crippen LogP contribution in [0, 0.1) is 0 Å². The van der Waals surface area contributed by atoms with Crippen LogP contribution in [0.25, 0.3) is 0 Å². The molecule has 1 aliphatic heterocycles. The molecular formula is C15H22N2O2S. The Morgan fingerprint density at radius 2 is 2.50 bits per heavy atom. The first-order chi connectivity index (χ1) is 9.83. The van der Waals surface area contributed by atoms with E-state index >= 15 is 0 Å². The van der Waals surface area contributed by atoms with Crippen molar-refractivity contribution in [1.82, 2.24) is 9.88 Å². The highest BCUT2D eigenvalue weighted by Crippen LogP contribution is 2.32. The Labute approximate surface area is 124 Å². The van der Waals surface area contributed by atoms with Gasteiger partial charge in [0, 0.05) is 31.1 Å². The molecule has 0 spiro atoms. The minimum absolute atomic E-state index is 0.186. The monoisotopic (exact) mass is 294 g/mol. The number of likely N-dealkylation sites (tertiary alicyclic amines) is 1. The normalized spacial score (nSPS) is 19.0. The minimum atomic E-state index is 0.186. The van der Waals surface area contributed by atoms with Gasteiger partial charge in [-0.2, -0.15) is 0 Å². The van der Waals surface area contributed by atoms with Gasteiger partial charge in [-0.1, -0.05) is 6.08 Å². The molecule has 0 bridgehead atoms. The van der Waals surface area contributed by atoms with Crippen molar-refractivity contribution in [3.05, 3.63) is 29.2 Å². The Bertz CT molecular complexity index is 420. The molecule has 2 rings (SSSR count). The summed E-state index contributed by atoms with van der Waals surface area (Å²) in [6.07, 6.45) is 8.18. The molecule has 0 radical (unpaired) electrons. The molecule has 1 aromatic heterocycles. The number of amides is 1. The third-order valence-corrected chi connectivity index (χ3v) is 4.35. The van der Waals surface area contributed by atoms with Gasteiger partial charge in [-0.25, -0.2) is 4.98 Å². The van der Waals surface area contributed by atoms with Crippen LogP contribution in [0.4, 0.5) is 0 Å². The Morgan fingerprint density at radius 1 is 1.60 bits per heavy atom. The summed E-state index contributed by atoms with van der Waals surface area (Å²) in [7, 11) is 0. The molecule has 1 fully saturated rings. The number of piperidine rings is 1. The summed E-state index contributed by atoms with van der Waals surface area (Å²) in [6, 6.07) is 0.186. The van der Waals surface area contributed by atoms with Crippen LogP contribution in [-0.4, -0.2) is 35.5 Å². The van der Waals surface area contributed by atoms with Crippen LogP contribution in [0.1, 0.15) is 43.2 Å². The number of carbonyl (C=O) groups excluding carboxylic acids is 1. The predicted octanol–water partition coefficient (Wildman–Crippen LogP) is 3.18. The van der Waals surface area contributed by atoms with Crippen molar-refractivity contribution in [2.45, 2.75) is 38.1 Å². The van der Waals surface area contributed by atoms with Crippen molar-refractivity contribution in [3.63, 3.8) is 0 Å². The molecule has 1 aliphatic rings. The second kappa shape index (κ2) is 8.17. The molecule has 1 aromatic rings. The van der Waals surface area contributed by atoms with E-state index in [1.807, 2.05) is 16.5 Å². The van der Waals surface area contributed by atoms with E-state index in [1.54, 1.807) is 17.4 Å². The first-order valence-corrected chi connectivity index (χ1v) is 8.08. The molecule has 5 heteroatoms. The average Bonchev–Trinajstić information content (AvgIpc) is 3.01. The van der Waals surface area contributed by atoms with E-state index in [4.69, 9.17) is 4.74 Å². The number of aromatic nitrogens is 1. The van der Waals surface area contributed by atoms with Gasteiger partial charge < -0.3 is 9.64 Å². The van der Waals surface area contributed by atoms with E-state index in [0.29, 0.717) is 19.6 Å². The molecule has 20 heavy (non-hydrogen) atoms. The van der Waals surface area contributed by atoms with Gasteiger partial charge in [0.2, 0.25) is 5.91 Å². The van der Waals surface area contributed by atoms with E-state index in [9.17, 15) is 4.79 Å². The second-order valence-electron chi connectivity index (χ2n) is 4.94. The zero-order chi connectivity index (χ0) is 14.2. The van der Waals surface area contributed by atoms with Crippen LogP contribution < -0.4 is 0 Å². The summed E-state index contributed by atoms with van der Waals surface area (Å²) in [5.74, 6) is 0.229. The summed E-state index contributed by atoms with van der Waals surface area (Å²) < 4.78 is 5.32. The number of ether oxygens (including phenoxy) is 1. The van der Waals surface area contributed by atoms with Gasteiger partial charge >= 0.3 is 0 Å². The lowest BCUT2D eigenvalue weighted by atomic mass is 10.0. The maximum atomic E-state index is 12.4. The highest BCUT2D eigenvalue weighted by molar-refractivity contribution is 7.09. The third kappa shape index (κ3) is 4.15. The van der Waals surface area contributed by atoms with Crippen molar-refractivity contribution < 1.29 is 9.53 Å². The van der Waals surface area contributed by atoms with E-state index in [1.165, 1.54) is 6.42 Å². The molecule has 1 saturated heterocycles. The van der Waals surface area contributed by atoms with Crippen molar-refractivity contribution in [2.75, 3.05) is 19.8 Å². The van der Waals surface area contributed by atoms with Crippen LogP contribution in [0.2, 0.25) is 0 Å². The zero-order valence-electron chi connectivity index (χ0n) is 11.8. The SMILES string of the molecule is C=CCOCCCC(=O)N1CCCCC1c1nccs1. The molecule has 0 saturated carbocycles. The van der Waals surface area contributed by atoms with Gasteiger partial charge in [0.05, 0.1) is 12.6 Å². The molecule has 0 N–H and O–H groups in total. The largest absolute Gasteiger partial charge is 0.377 e. The molecule has 1 atom stereocenters. The molecule has 1 amide bonds. The average molecular weight is 294 g/mol. The maximum Gasteiger partial charge on any atom is 0.223 e. The molecule has 110 valence electrons. The van der Waals surface area contributed by atoms with Gasteiger partial charge in [-0.05, 0) is 25.7 Å². The number of carbonyl (C=O) groups is 1. The van der Waals surface area contributed by atoms with Gasteiger partial charge in [-0.15, -0.1) is 17.9 Å². The second-order valence-corrected chi connectivity index (χ2v) is 5.86. The molecule has 0 aromatic carbocycles. The maximum absolute atomic E-state index is 12.4. The van der Waals surface area contributed by atoms with Crippen LogP contribution in [0.5, 0.6) is 0 Å². The van der Waals surface area contributed by atoms with Crippen molar-refractivity contribution >= 4 is 17.2 Å². The van der Waals surface area contributed by atoms with E-state index in [0.717, 1.165) is 30.8 Å². The number of thiazole rings is 1. The van der Waals surface area contributed by atoms with E-state index in [2.05, 4.69) is 11.6 Å². The predicted molar refractivity (Wildman–Crippen MR) is 80.7 cm³/mol. The Kier molecular flexibility index (Phi) is 6.21. The number of hydrogen-bond donors (Lipinski definition) is 0. The topological polar surface area (TPSA) is 42.4 Å². The van der Waals surface area contributed by atoms with Gasteiger partial charge in [0.25, 0.3) is 0 Å². The number of rotatable bonds is 7. The van der Waals surface area contributed by atoms with Crippen molar-refractivity contribution in [3.8, 4) is 0 Å². The Balaban J connectivity index is 1.84. The van der Waals surface area contributed by atoms with E-state index < -0.39 is 0 Å². The van der Waals surface area contributed by atoms with Crippen molar-refractivity contribution in [1.29, 1.82) is 0 Å². The molecule has 0 aliphatic carbocycles. The van der Waals surface area contributed by atoms with Gasteiger partial charge in [0.15, 0.2) is 0 Å². The summed E-state index contributed by atoms with van der Waals surface area (Å²) in [4.78, 5) is 18.8. The smallest absolute Gasteiger partial charge is 0.223 e. The van der Waals surface area contributed by atoms with Gasteiger partial charge in [0.1, 0.15) is 5.01 Å². The van der Waals surface area contributed by atoms with Crippen LogP contribution in [0.15, 0.2) is 24.2 Å². The highest BCUT2D eigenvalue weighted by Gasteiger charge is 2.28. The number of hydrogen-bond acceptors (Lipinski definition) is 4. The lowest BCUT2D eigenvalue weighted by Gasteiger charge is -2.34. The third-order valence-electron chi connectivity index (χ3n) is 3.47. The highest BCUT2D eigenvalue weighted by atomic mass is 32.1. The fraction of sp³-hybridized carbons (Fsp3) is 0.600. The standard InChI is InChI=1S/C15H22N2O2S/c1-2-10-19-11-5-7-14(18)17-9-4-3-6-13(17)15-16-8-12-20-15/h2,8,12-13H,1,3-7,9-11H2. The molecule has 2 heterocycles. The van der Waals surface area contributed by atoms with E-state index in [-0.39, 0.29) is 11.9 Å². The van der Waals surface area contributed by atoms with Crippen LogP contribution >= 0.6 is 11.3 Å². The lowest BCUT2D eigenvalue weighted by Crippen LogP contribution is -2.38. The Hall–Kier alpha value is -1.20. The minimum Gasteiger partial charge on any atom is -0.377 e. The van der Waals surface area contributed by atoms with Crippen LogP contribution in [-0.2, 0) is 9.53 Å². The zero-order valence-corrected chi connectivity index (χ0v) is 12.6. The summed E-state index contributed by atoms with van der Waals surface area (Å²) in [5.41, 5.74) is 0. The summed E-state index contributed by atoms with van der Waals surface area (Å²) >= 11 is 1.64. The molecule has 4 nitrogen and oxygen atoms in total. The Morgan fingerprint density at radius 3 is 3.25 bits per heavy atom. The number of nitrogens with zero attached hydrogens (tertiary/aromatic N) is 2.